The molecule has 7 heteroatoms. The molecule has 3 rings (SSSR count). The summed E-state index contributed by atoms with van der Waals surface area (Å²) in [5, 5.41) is 13.0. The van der Waals surface area contributed by atoms with Gasteiger partial charge in [0.2, 0.25) is 5.91 Å². The van der Waals surface area contributed by atoms with Crippen LogP contribution in [0, 0.1) is 23.2 Å². The third kappa shape index (κ3) is 7.57. The number of nitrogens with zero attached hydrogens (tertiary/aromatic N) is 2. The van der Waals surface area contributed by atoms with Crippen molar-refractivity contribution in [3.63, 3.8) is 0 Å². The van der Waals surface area contributed by atoms with Crippen LogP contribution in [0.15, 0.2) is 30.4 Å². The Morgan fingerprint density at radius 2 is 1.94 bits per heavy atom. The third-order valence-electron chi connectivity index (χ3n) is 7.15. The number of rotatable bonds is 12. The molecule has 0 spiro atoms. The van der Waals surface area contributed by atoms with E-state index in [-0.39, 0.29) is 41.9 Å². The molecule has 0 saturated heterocycles. The lowest BCUT2D eigenvalue weighted by Crippen LogP contribution is -2.45. The summed E-state index contributed by atoms with van der Waals surface area (Å²) in [7, 11) is 0. The van der Waals surface area contributed by atoms with Crippen LogP contribution in [0.3, 0.4) is 0 Å². The summed E-state index contributed by atoms with van der Waals surface area (Å²) in [4.78, 5) is 42.5. The number of carbonyl (C=O) groups is 3. The number of benzene rings is 1. The SMILES string of the molecule is C=C(C#N)C(=O)CC[C@@H](NC(=O)[C@@H](CC(C)=O)Cc1nc2ccc(C(C)C)cc2s1)C1CCCCC1. The molecule has 1 amide bonds. The van der Waals surface area contributed by atoms with Crippen LogP contribution in [0.4, 0.5) is 0 Å². The fraction of sp³-hybridized carbons (Fsp3) is 0.552. The van der Waals surface area contributed by atoms with E-state index in [1.165, 1.54) is 18.9 Å². The van der Waals surface area contributed by atoms with E-state index >= 15 is 0 Å². The van der Waals surface area contributed by atoms with Gasteiger partial charge in [0.05, 0.1) is 26.7 Å². The van der Waals surface area contributed by atoms with Crippen molar-refractivity contribution in [2.75, 3.05) is 0 Å². The van der Waals surface area contributed by atoms with E-state index in [4.69, 9.17) is 10.2 Å². The Kier molecular flexibility index (Phi) is 9.95. The lowest BCUT2D eigenvalue weighted by Gasteiger charge is -2.32. The maximum Gasteiger partial charge on any atom is 0.224 e. The second-order valence-corrected chi connectivity index (χ2v) is 11.5. The molecular formula is C29H37N3O3S. The number of carbonyl (C=O) groups excluding carboxylic acids is 3. The van der Waals surface area contributed by atoms with Gasteiger partial charge in [-0.2, -0.15) is 5.26 Å². The Morgan fingerprint density at radius 1 is 1.22 bits per heavy atom. The zero-order chi connectivity index (χ0) is 26.2. The molecule has 0 unspecified atom stereocenters. The first-order valence-corrected chi connectivity index (χ1v) is 13.8. The molecule has 1 saturated carbocycles. The summed E-state index contributed by atoms with van der Waals surface area (Å²) in [6.07, 6.45) is 6.63. The van der Waals surface area contributed by atoms with E-state index in [1.54, 1.807) is 11.3 Å². The van der Waals surface area contributed by atoms with Gasteiger partial charge in [0, 0.05) is 25.3 Å². The molecule has 1 aromatic heterocycles. The van der Waals surface area contributed by atoms with Crippen molar-refractivity contribution in [1.82, 2.24) is 10.3 Å². The summed E-state index contributed by atoms with van der Waals surface area (Å²) >= 11 is 1.58. The Labute approximate surface area is 218 Å². The van der Waals surface area contributed by atoms with Gasteiger partial charge in [-0.25, -0.2) is 4.98 Å². The highest BCUT2D eigenvalue weighted by Crippen LogP contribution is 2.31. The average molecular weight is 508 g/mol. The smallest absolute Gasteiger partial charge is 0.224 e. The lowest BCUT2D eigenvalue weighted by atomic mass is 9.81. The summed E-state index contributed by atoms with van der Waals surface area (Å²) in [6, 6.07) is 7.93. The highest BCUT2D eigenvalue weighted by molar-refractivity contribution is 7.18. The number of amides is 1. The Balaban J connectivity index is 1.76. The van der Waals surface area contributed by atoms with E-state index in [0.717, 1.165) is 40.9 Å². The number of ketones is 2. The summed E-state index contributed by atoms with van der Waals surface area (Å²) in [6.45, 7) is 9.35. The van der Waals surface area contributed by atoms with Crippen molar-refractivity contribution < 1.29 is 14.4 Å². The van der Waals surface area contributed by atoms with Crippen LogP contribution in [0.5, 0.6) is 0 Å². The monoisotopic (exact) mass is 507 g/mol. The fourth-order valence-corrected chi connectivity index (χ4v) is 6.11. The van der Waals surface area contributed by atoms with E-state index < -0.39 is 5.92 Å². The predicted octanol–water partition coefficient (Wildman–Crippen LogP) is 6.05. The number of nitrogens with one attached hydrogen (secondary N) is 1. The maximum atomic E-state index is 13.5. The van der Waals surface area contributed by atoms with Gasteiger partial charge in [0.1, 0.15) is 11.9 Å². The molecule has 1 aromatic carbocycles. The Hall–Kier alpha value is -2.85. The largest absolute Gasteiger partial charge is 0.353 e. The van der Waals surface area contributed by atoms with Crippen molar-refractivity contribution in [3.8, 4) is 6.07 Å². The molecule has 1 heterocycles. The highest BCUT2D eigenvalue weighted by atomic mass is 32.1. The van der Waals surface area contributed by atoms with E-state index in [2.05, 4.69) is 37.9 Å². The maximum absolute atomic E-state index is 13.5. The second kappa shape index (κ2) is 12.9. The molecule has 2 aromatic rings. The van der Waals surface area contributed by atoms with Crippen molar-refractivity contribution in [3.05, 3.63) is 40.9 Å². The second-order valence-electron chi connectivity index (χ2n) is 10.4. The van der Waals surface area contributed by atoms with Gasteiger partial charge < -0.3 is 10.1 Å². The van der Waals surface area contributed by atoms with Crippen molar-refractivity contribution in [1.29, 1.82) is 5.26 Å². The van der Waals surface area contributed by atoms with Crippen molar-refractivity contribution >= 4 is 39.0 Å². The standard InChI is InChI=1S/C29H37N3O3S/c1-18(2)22-10-11-25-27(15-22)36-28(31-25)16-23(14-20(4)33)29(35)32-24(21-8-6-5-7-9-21)12-13-26(34)19(3)17-30/h10-11,15,18,21,23-24H,3,5-9,12-14,16H2,1-2,4H3,(H,32,35)/t23-,24+/m0/s1. The first-order chi connectivity index (χ1) is 17.2. The molecule has 1 N–H and O–H groups in total. The van der Waals surface area contributed by atoms with Crippen LogP contribution in [0.1, 0.15) is 88.6 Å². The number of Topliss-reactive ketones (excluding diaryl/α,β-unsaturated/α-hetero) is 2. The number of hydrogen-bond donors (Lipinski definition) is 1. The molecule has 192 valence electrons. The quantitative estimate of drug-likeness (QED) is 0.278. The number of hydrogen-bond acceptors (Lipinski definition) is 6. The normalized spacial score (nSPS) is 15.9. The third-order valence-corrected chi connectivity index (χ3v) is 8.19. The molecule has 1 aliphatic carbocycles. The van der Waals surface area contributed by atoms with E-state index in [9.17, 15) is 14.4 Å². The van der Waals surface area contributed by atoms with E-state index in [1.807, 2.05) is 12.1 Å². The molecule has 1 fully saturated rings. The van der Waals surface area contributed by atoms with E-state index in [0.29, 0.717) is 24.7 Å². The van der Waals surface area contributed by atoms with Crippen LogP contribution in [-0.2, 0) is 20.8 Å². The minimum Gasteiger partial charge on any atom is -0.353 e. The van der Waals surface area contributed by atoms with Gasteiger partial charge in [-0.3, -0.25) is 9.59 Å². The first kappa shape index (κ1) is 27.7. The minimum absolute atomic E-state index is 0.0342. The molecular weight excluding hydrogens is 470 g/mol. The zero-order valence-corrected chi connectivity index (χ0v) is 22.5. The molecule has 1 aliphatic rings. The van der Waals surface area contributed by atoms with Gasteiger partial charge in [0.25, 0.3) is 0 Å². The van der Waals surface area contributed by atoms with Gasteiger partial charge in [-0.15, -0.1) is 11.3 Å². The molecule has 0 aliphatic heterocycles. The van der Waals surface area contributed by atoms with Gasteiger partial charge in [-0.1, -0.05) is 45.8 Å². The summed E-state index contributed by atoms with van der Waals surface area (Å²) in [5.74, 6) is -0.264. The van der Waals surface area contributed by atoms with Crippen molar-refractivity contribution in [2.24, 2.45) is 11.8 Å². The first-order valence-electron chi connectivity index (χ1n) is 13.0. The number of allylic oxidation sites excluding steroid dienone is 1. The topological polar surface area (TPSA) is 99.9 Å². The average Bonchev–Trinajstić information content (AvgIpc) is 3.27. The highest BCUT2D eigenvalue weighted by Gasteiger charge is 2.30. The van der Waals surface area contributed by atoms with Gasteiger partial charge >= 0.3 is 0 Å². The van der Waals surface area contributed by atoms with Crippen LogP contribution < -0.4 is 5.32 Å². The van der Waals surface area contributed by atoms with Crippen LogP contribution in [-0.4, -0.2) is 28.5 Å². The number of fused-ring (bicyclic) bond motifs is 1. The van der Waals surface area contributed by atoms with Crippen LogP contribution >= 0.6 is 11.3 Å². The van der Waals surface area contributed by atoms with Gasteiger partial charge in [-0.05, 0) is 55.7 Å². The fourth-order valence-electron chi connectivity index (χ4n) is 5.01. The Bertz CT molecular complexity index is 1150. The molecule has 36 heavy (non-hydrogen) atoms. The zero-order valence-electron chi connectivity index (χ0n) is 21.6. The molecule has 2 atom stereocenters. The summed E-state index contributed by atoms with van der Waals surface area (Å²) in [5.41, 5.74) is 2.12. The van der Waals surface area contributed by atoms with Gasteiger partial charge in [0.15, 0.2) is 5.78 Å². The van der Waals surface area contributed by atoms with Crippen LogP contribution in [0.2, 0.25) is 0 Å². The minimum atomic E-state index is -0.511. The Morgan fingerprint density at radius 3 is 2.58 bits per heavy atom. The number of thiazole rings is 1. The molecule has 0 radical (unpaired) electrons. The number of aromatic nitrogens is 1. The predicted molar refractivity (Wildman–Crippen MR) is 144 cm³/mol. The van der Waals surface area contributed by atoms with Crippen LogP contribution in [0.25, 0.3) is 10.2 Å². The summed E-state index contributed by atoms with van der Waals surface area (Å²) < 4.78 is 1.09. The molecule has 6 nitrogen and oxygen atoms in total. The lowest BCUT2D eigenvalue weighted by molar-refractivity contribution is -0.130. The molecule has 0 bridgehead atoms. The van der Waals surface area contributed by atoms with Crippen molar-refractivity contribution in [2.45, 2.75) is 90.5 Å². The number of nitriles is 1.